The Bertz CT molecular complexity index is 807. The van der Waals surface area contributed by atoms with E-state index in [0.717, 1.165) is 0 Å². The number of anilines is 2. The van der Waals surface area contributed by atoms with Crippen LogP contribution in [0.1, 0.15) is 17.4 Å². The van der Waals surface area contributed by atoms with Crippen molar-refractivity contribution < 1.29 is 18.7 Å². The molecule has 9 heteroatoms. The number of amides is 2. The molecule has 0 radical (unpaired) electrons. The Morgan fingerprint density at radius 1 is 1.11 bits per heavy atom. The quantitative estimate of drug-likeness (QED) is 0.885. The van der Waals surface area contributed by atoms with Gasteiger partial charge >= 0.3 is 6.09 Å². The lowest BCUT2D eigenvalue weighted by Crippen LogP contribution is -2.50. The first-order valence-electron chi connectivity index (χ1n) is 8.62. The van der Waals surface area contributed by atoms with Crippen molar-refractivity contribution in [1.82, 2.24) is 19.8 Å². The van der Waals surface area contributed by atoms with Crippen molar-refractivity contribution >= 4 is 23.5 Å². The molecule has 8 nitrogen and oxygen atoms in total. The lowest BCUT2D eigenvalue weighted by Gasteiger charge is -2.33. The number of benzene rings is 1. The predicted molar refractivity (Wildman–Crippen MR) is 96.2 cm³/mol. The van der Waals surface area contributed by atoms with E-state index in [-0.39, 0.29) is 23.5 Å². The summed E-state index contributed by atoms with van der Waals surface area (Å²) in [6.45, 7) is 3.71. The van der Waals surface area contributed by atoms with Crippen molar-refractivity contribution in [2.24, 2.45) is 0 Å². The summed E-state index contributed by atoms with van der Waals surface area (Å²) in [5.41, 5.74) is 0.899. The van der Waals surface area contributed by atoms with Gasteiger partial charge in [-0.25, -0.2) is 19.2 Å². The second-order valence-electron chi connectivity index (χ2n) is 5.90. The summed E-state index contributed by atoms with van der Waals surface area (Å²) in [4.78, 5) is 35.8. The molecule has 0 bridgehead atoms. The zero-order valence-electron chi connectivity index (χ0n) is 14.9. The Morgan fingerprint density at radius 3 is 2.44 bits per heavy atom. The van der Waals surface area contributed by atoms with Crippen LogP contribution < -0.4 is 5.32 Å². The fourth-order valence-electron chi connectivity index (χ4n) is 2.69. The molecule has 2 amide bonds. The highest BCUT2D eigenvalue weighted by molar-refractivity contribution is 5.93. The molecule has 0 spiro atoms. The smallest absolute Gasteiger partial charge is 0.409 e. The van der Waals surface area contributed by atoms with Crippen molar-refractivity contribution in [3.05, 3.63) is 48.2 Å². The maximum atomic E-state index is 13.0. The second-order valence-corrected chi connectivity index (χ2v) is 5.90. The van der Waals surface area contributed by atoms with Crippen LogP contribution in [0, 0.1) is 5.82 Å². The van der Waals surface area contributed by atoms with Gasteiger partial charge in [0.1, 0.15) is 23.7 Å². The number of halogens is 1. The first-order valence-corrected chi connectivity index (χ1v) is 8.62. The van der Waals surface area contributed by atoms with Crippen LogP contribution in [0.15, 0.2) is 36.7 Å². The third kappa shape index (κ3) is 4.69. The first kappa shape index (κ1) is 18.6. The van der Waals surface area contributed by atoms with E-state index >= 15 is 0 Å². The summed E-state index contributed by atoms with van der Waals surface area (Å²) in [6, 6.07) is 7.36. The number of piperazine rings is 1. The van der Waals surface area contributed by atoms with Crippen LogP contribution in [0.2, 0.25) is 0 Å². The molecule has 0 aliphatic carbocycles. The standard InChI is InChI=1S/C18H20FN5O3/c1-2-27-18(26)24-9-7-23(8-10-24)17(25)15-11-16(21-12-20-15)22-14-5-3-13(19)4-6-14/h3-6,11-12H,2,7-10H2,1H3,(H,20,21,22). The van der Waals surface area contributed by atoms with Crippen LogP contribution in [0.25, 0.3) is 0 Å². The van der Waals surface area contributed by atoms with Crippen LogP contribution >= 0.6 is 0 Å². The molecule has 2 aromatic rings. The Morgan fingerprint density at radius 2 is 1.78 bits per heavy atom. The number of nitrogens with zero attached hydrogens (tertiary/aromatic N) is 4. The number of ether oxygens (including phenoxy) is 1. The summed E-state index contributed by atoms with van der Waals surface area (Å²) < 4.78 is 18.0. The van der Waals surface area contributed by atoms with Crippen molar-refractivity contribution in [3.8, 4) is 0 Å². The van der Waals surface area contributed by atoms with Crippen LogP contribution in [-0.2, 0) is 4.74 Å². The van der Waals surface area contributed by atoms with E-state index in [4.69, 9.17) is 4.74 Å². The van der Waals surface area contributed by atoms with Gasteiger partial charge in [-0.05, 0) is 31.2 Å². The van der Waals surface area contributed by atoms with Gasteiger partial charge in [0, 0.05) is 37.9 Å². The van der Waals surface area contributed by atoms with Crippen molar-refractivity contribution in [1.29, 1.82) is 0 Å². The monoisotopic (exact) mass is 373 g/mol. The molecule has 142 valence electrons. The van der Waals surface area contributed by atoms with E-state index in [1.54, 1.807) is 34.9 Å². The second kappa shape index (κ2) is 8.43. The molecule has 1 N–H and O–H groups in total. The Kier molecular flexibility index (Phi) is 5.80. The van der Waals surface area contributed by atoms with Gasteiger partial charge in [-0.2, -0.15) is 0 Å². The maximum absolute atomic E-state index is 13.0. The number of hydrogen-bond acceptors (Lipinski definition) is 6. The Balaban J connectivity index is 1.62. The average Bonchev–Trinajstić information content (AvgIpc) is 2.70. The minimum absolute atomic E-state index is 0.233. The van der Waals surface area contributed by atoms with Gasteiger partial charge in [0.15, 0.2) is 0 Å². The molecule has 0 atom stereocenters. The molecule has 3 rings (SSSR count). The number of nitrogens with one attached hydrogen (secondary N) is 1. The zero-order valence-corrected chi connectivity index (χ0v) is 14.9. The third-order valence-corrected chi connectivity index (χ3v) is 4.10. The summed E-state index contributed by atoms with van der Waals surface area (Å²) in [5, 5.41) is 3.01. The molecule has 1 aliphatic heterocycles. The van der Waals surface area contributed by atoms with E-state index in [0.29, 0.717) is 44.3 Å². The molecular formula is C18H20FN5O3. The number of aromatic nitrogens is 2. The molecule has 1 aliphatic rings. The third-order valence-electron chi connectivity index (χ3n) is 4.10. The Labute approximate surface area is 156 Å². The van der Waals surface area contributed by atoms with Crippen molar-refractivity contribution in [3.63, 3.8) is 0 Å². The van der Waals surface area contributed by atoms with Gasteiger partial charge in [0.2, 0.25) is 0 Å². The molecule has 1 aromatic carbocycles. The zero-order chi connectivity index (χ0) is 19.2. The lowest BCUT2D eigenvalue weighted by molar-refractivity contribution is 0.0566. The molecule has 27 heavy (non-hydrogen) atoms. The lowest BCUT2D eigenvalue weighted by atomic mass is 10.2. The number of hydrogen-bond donors (Lipinski definition) is 1. The molecular weight excluding hydrogens is 353 g/mol. The number of carbonyl (C=O) groups excluding carboxylic acids is 2. The van der Waals surface area contributed by atoms with Gasteiger partial charge in [0.05, 0.1) is 6.61 Å². The highest BCUT2D eigenvalue weighted by Crippen LogP contribution is 2.16. The van der Waals surface area contributed by atoms with Gasteiger partial charge in [-0.15, -0.1) is 0 Å². The molecule has 0 unspecified atom stereocenters. The van der Waals surface area contributed by atoms with E-state index in [9.17, 15) is 14.0 Å². The van der Waals surface area contributed by atoms with E-state index in [1.807, 2.05) is 0 Å². The minimum Gasteiger partial charge on any atom is -0.450 e. The maximum Gasteiger partial charge on any atom is 0.409 e. The first-order chi connectivity index (χ1) is 13.1. The topological polar surface area (TPSA) is 87.7 Å². The van der Waals surface area contributed by atoms with Crippen LogP contribution in [0.4, 0.5) is 20.7 Å². The van der Waals surface area contributed by atoms with Crippen LogP contribution in [-0.4, -0.2) is 64.6 Å². The van der Waals surface area contributed by atoms with Gasteiger partial charge < -0.3 is 19.9 Å². The van der Waals surface area contributed by atoms with Gasteiger partial charge in [0.25, 0.3) is 5.91 Å². The highest BCUT2D eigenvalue weighted by Gasteiger charge is 2.26. The van der Waals surface area contributed by atoms with E-state index in [2.05, 4.69) is 15.3 Å². The minimum atomic E-state index is -0.364. The predicted octanol–water partition coefficient (Wildman–Crippen LogP) is 2.27. The molecule has 1 fully saturated rings. The summed E-state index contributed by atoms with van der Waals surface area (Å²) in [7, 11) is 0. The summed E-state index contributed by atoms with van der Waals surface area (Å²) in [5.74, 6) is -0.130. The van der Waals surface area contributed by atoms with E-state index in [1.165, 1.54) is 18.5 Å². The van der Waals surface area contributed by atoms with Crippen molar-refractivity contribution in [2.45, 2.75) is 6.92 Å². The van der Waals surface area contributed by atoms with Crippen LogP contribution in [0.3, 0.4) is 0 Å². The normalized spacial score (nSPS) is 14.0. The van der Waals surface area contributed by atoms with Gasteiger partial charge in [-0.3, -0.25) is 4.79 Å². The number of rotatable bonds is 4. The highest BCUT2D eigenvalue weighted by atomic mass is 19.1. The molecule has 1 saturated heterocycles. The SMILES string of the molecule is CCOC(=O)N1CCN(C(=O)c2cc(Nc3ccc(F)cc3)ncn2)CC1. The van der Waals surface area contributed by atoms with E-state index < -0.39 is 0 Å². The molecule has 1 aromatic heterocycles. The summed E-state index contributed by atoms with van der Waals surface area (Å²) in [6.07, 6.45) is 0.936. The fourth-order valence-corrected chi connectivity index (χ4v) is 2.69. The number of carbonyl (C=O) groups is 2. The average molecular weight is 373 g/mol. The van der Waals surface area contributed by atoms with Crippen molar-refractivity contribution in [2.75, 3.05) is 38.1 Å². The molecule has 0 saturated carbocycles. The molecule has 2 heterocycles. The van der Waals surface area contributed by atoms with Crippen LogP contribution in [0.5, 0.6) is 0 Å². The Hall–Kier alpha value is -3.23. The fraction of sp³-hybridized carbons (Fsp3) is 0.333. The van der Waals surface area contributed by atoms with Gasteiger partial charge in [-0.1, -0.05) is 0 Å². The largest absolute Gasteiger partial charge is 0.450 e. The summed E-state index contributed by atoms with van der Waals surface area (Å²) >= 11 is 0.